The number of carbonyl (C=O) groups is 1. The highest BCUT2D eigenvalue weighted by molar-refractivity contribution is 6.15. The Labute approximate surface area is 192 Å². The fourth-order valence-electron chi connectivity index (χ4n) is 5.44. The predicted octanol–water partition coefficient (Wildman–Crippen LogP) is 3.81. The summed E-state index contributed by atoms with van der Waals surface area (Å²) in [6.45, 7) is 0. The molecule has 1 amide bonds. The molecule has 172 valence electrons. The van der Waals surface area contributed by atoms with Gasteiger partial charge < -0.3 is 9.64 Å². The number of ether oxygens (including phenoxy) is 1. The van der Waals surface area contributed by atoms with E-state index < -0.39 is 11.1 Å². The molecule has 2 aromatic carbocycles. The minimum absolute atomic E-state index is 0.128. The number of piperazine rings is 1. The number of amidine groups is 1. The number of methoxy groups -OCH3 is 1. The average Bonchev–Trinajstić information content (AvgIpc) is 2.97. The van der Waals surface area contributed by atoms with Gasteiger partial charge in [-0.15, -0.1) is 0 Å². The number of aliphatic imine (C=N–C) groups is 1. The van der Waals surface area contributed by atoms with E-state index >= 15 is 0 Å². The monoisotopic (exact) mass is 449 g/mol. The van der Waals surface area contributed by atoms with Gasteiger partial charge in [-0.05, 0) is 50.2 Å². The molecule has 3 atom stereocenters. The number of rotatable bonds is 3. The van der Waals surface area contributed by atoms with Crippen LogP contribution in [-0.2, 0) is 0 Å². The molecule has 0 radical (unpaired) electrons. The van der Waals surface area contributed by atoms with Crippen LogP contribution in [0.1, 0.15) is 36.0 Å². The van der Waals surface area contributed by atoms with Crippen molar-refractivity contribution in [2.75, 3.05) is 26.1 Å². The molecule has 9 nitrogen and oxygen atoms in total. The van der Waals surface area contributed by atoms with Gasteiger partial charge >= 0.3 is 0 Å². The maximum Gasteiger partial charge on any atom is 0.270 e. The smallest absolute Gasteiger partial charge is 0.270 e. The van der Waals surface area contributed by atoms with Crippen LogP contribution in [0.5, 0.6) is 5.75 Å². The summed E-state index contributed by atoms with van der Waals surface area (Å²) in [6, 6.07) is 12.2. The summed E-state index contributed by atoms with van der Waals surface area (Å²) in [5.41, 5.74) is 1.24. The predicted molar refractivity (Wildman–Crippen MR) is 125 cm³/mol. The number of hydrogen-bond donors (Lipinski definition) is 0. The van der Waals surface area contributed by atoms with Gasteiger partial charge in [-0.25, -0.2) is 4.99 Å². The van der Waals surface area contributed by atoms with Crippen molar-refractivity contribution in [1.82, 2.24) is 9.80 Å². The van der Waals surface area contributed by atoms with E-state index in [-0.39, 0.29) is 23.2 Å². The van der Waals surface area contributed by atoms with Crippen LogP contribution in [0.4, 0.5) is 17.1 Å². The van der Waals surface area contributed by atoms with E-state index in [4.69, 9.17) is 9.73 Å². The highest BCUT2D eigenvalue weighted by Gasteiger charge is 2.48. The third kappa shape index (κ3) is 3.43. The highest BCUT2D eigenvalue weighted by Crippen LogP contribution is 2.39. The molecule has 2 aliphatic heterocycles. The number of nitro groups is 1. The summed E-state index contributed by atoms with van der Waals surface area (Å²) in [5, 5.41) is 11.4. The topological polar surface area (TPSA) is 91.5 Å². The van der Waals surface area contributed by atoms with Gasteiger partial charge in [-0.2, -0.15) is 0 Å². The van der Waals surface area contributed by atoms with Crippen LogP contribution in [0.25, 0.3) is 0 Å². The second-order valence-electron chi connectivity index (χ2n) is 8.87. The number of hydrogen-bond acceptors (Lipinski definition) is 7. The van der Waals surface area contributed by atoms with Crippen molar-refractivity contribution < 1.29 is 14.5 Å². The number of likely N-dealkylation sites (N-methyl/N-ethyl adjacent to an activating group) is 2. The molecule has 2 aromatic rings. The summed E-state index contributed by atoms with van der Waals surface area (Å²) < 4.78 is 5.30. The van der Waals surface area contributed by atoms with Crippen LogP contribution in [0.3, 0.4) is 0 Å². The lowest BCUT2D eigenvalue weighted by molar-refractivity contribution is -0.384. The minimum Gasteiger partial charge on any atom is -0.497 e. The molecule has 0 N–H and O–H groups in total. The van der Waals surface area contributed by atoms with Crippen molar-refractivity contribution in [2.45, 2.75) is 43.9 Å². The third-order valence-electron chi connectivity index (χ3n) is 7.16. The van der Waals surface area contributed by atoms with Gasteiger partial charge in [0, 0.05) is 37.0 Å². The maximum absolute atomic E-state index is 14.0. The highest BCUT2D eigenvalue weighted by atomic mass is 16.6. The lowest BCUT2D eigenvalue weighted by Crippen LogP contribution is -2.70. The van der Waals surface area contributed by atoms with Gasteiger partial charge in [0.1, 0.15) is 17.8 Å². The first-order valence-electron chi connectivity index (χ1n) is 11.2. The summed E-state index contributed by atoms with van der Waals surface area (Å²) in [6.07, 6.45) is 4.02. The van der Waals surface area contributed by atoms with Gasteiger partial charge in [0.25, 0.3) is 11.6 Å². The van der Waals surface area contributed by atoms with Crippen LogP contribution in [0.15, 0.2) is 47.5 Å². The molecule has 9 heteroatoms. The summed E-state index contributed by atoms with van der Waals surface area (Å²) in [7, 11) is 5.70. The van der Waals surface area contributed by atoms with Gasteiger partial charge in [0.2, 0.25) is 0 Å². The normalized spacial score (nSPS) is 24.9. The van der Waals surface area contributed by atoms with Crippen molar-refractivity contribution in [3.8, 4) is 5.75 Å². The summed E-state index contributed by atoms with van der Waals surface area (Å²) in [4.78, 5) is 36.1. The van der Waals surface area contributed by atoms with E-state index in [0.29, 0.717) is 23.2 Å². The van der Waals surface area contributed by atoms with Crippen molar-refractivity contribution in [2.24, 2.45) is 4.99 Å². The molecule has 1 aliphatic carbocycles. The Morgan fingerprint density at radius 1 is 1.06 bits per heavy atom. The Morgan fingerprint density at radius 3 is 2.42 bits per heavy atom. The number of carbonyl (C=O) groups excluding carboxylic acids is 1. The van der Waals surface area contributed by atoms with E-state index in [2.05, 4.69) is 23.9 Å². The van der Waals surface area contributed by atoms with Crippen LogP contribution >= 0.6 is 0 Å². The minimum atomic E-state index is -0.483. The van der Waals surface area contributed by atoms with E-state index in [0.717, 1.165) is 25.1 Å². The van der Waals surface area contributed by atoms with Gasteiger partial charge in [-0.3, -0.25) is 24.7 Å². The molecular weight excluding hydrogens is 422 g/mol. The number of fused-ring (bicyclic) bond motifs is 3. The molecule has 3 aliphatic rings. The number of anilines is 1. The molecule has 1 saturated heterocycles. The molecule has 0 aromatic heterocycles. The molecule has 2 heterocycles. The van der Waals surface area contributed by atoms with Crippen LogP contribution in [0, 0.1) is 10.1 Å². The molecule has 1 saturated carbocycles. The largest absolute Gasteiger partial charge is 0.497 e. The van der Waals surface area contributed by atoms with Gasteiger partial charge in [0.05, 0.1) is 23.3 Å². The Bertz CT molecular complexity index is 1130. The Hall–Kier alpha value is -3.46. The van der Waals surface area contributed by atoms with Crippen LogP contribution in [0.2, 0.25) is 0 Å². The number of amides is 1. The van der Waals surface area contributed by atoms with Crippen molar-refractivity contribution >= 4 is 28.8 Å². The van der Waals surface area contributed by atoms with E-state index in [1.54, 1.807) is 18.1 Å². The van der Waals surface area contributed by atoms with Crippen LogP contribution in [-0.4, -0.2) is 65.9 Å². The molecule has 0 bridgehead atoms. The molecular formula is C24H27N5O4. The van der Waals surface area contributed by atoms with Crippen LogP contribution < -0.4 is 9.64 Å². The first-order chi connectivity index (χ1) is 15.9. The standard InChI is InChI=1S/C24H27N5O4/c1-26-20-6-4-5-7-21(20)27(2)23-22(26)25-19-13-10-16(29(31)32)14-18(19)24(30)28(23)15-8-11-17(33-3)12-9-15/h8-14,20-21,23H,4-7H2,1-3H3/t20-,21-,23-/m0/s1. The Balaban J connectivity index is 1.71. The van der Waals surface area contributed by atoms with Crippen molar-refractivity contribution in [1.29, 1.82) is 0 Å². The van der Waals surface area contributed by atoms with E-state index in [1.165, 1.54) is 18.6 Å². The number of benzene rings is 2. The molecule has 0 unspecified atom stereocenters. The fourth-order valence-corrected chi connectivity index (χ4v) is 5.44. The molecule has 5 rings (SSSR count). The SMILES string of the molecule is COc1ccc(N2C(=O)c3cc([N+](=O)[O-])ccc3N=C3[C@H]2N(C)[C@H]2CCCC[C@@H]2N3C)cc1. The van der Waals surface area contributed by atoms with Crippen molar-refractivity contribution in [3.05, 3.63) is 58.1 Å². The first-order valence-corrected chi connectivity index (χ1v) is 11.2. The lowest BCUT2D eigenvalue weighted by Gasteiger charge is -2.54. The number of non-ortho nitro benzene ring substituents is 1. The summed E-state index contributed by atoms with van der Waals surface area (Å²) in [5.74, 6) is 1.15. The van der Waals surface area contributed by atoms with Crippen molar-refractivity contribution in [3.63, 3.8) is 0 Å². The fraction of sp³-hybridized carbons (Fsp3) is 0.417. The zero-order chi connectivity index (χ0) is 23.3. The zero-order valence-corrected chi connectivity index (χ0v) is 19.0. The molecule has 2 fully saturated rings. The first kappa shape index (κ1) is 21.4. The number of nitrogens with zero attached hydrogens (tertiary/aromatic N) is 5. The van der Waals surface area contributed by atoms with E-state index in [9.17, 15) is 14.9 Å². The second-order valence-corrected chi connectivity index (χ2v) is 8.87. The Kier molecular flexibility index (Phi) is 5.28. The third-order valence-corrected chi connectivity index (χ3v) is 7.16. The quantitative estimate of drug-likeness (QED) is 0.523. The maximum atomic E-state index is 14.0. The van der Waals surface area contributed by atoms with Gasteiger partial charge in [0.15, 0.2) is 0 Å². The Morgan fingerprint density at radius 2 is 1.76 bits per heavy atom. The number of nitro benzene ring substituents is 1. The van der Waals surface area contributed by atoms with E-state index in [1.807, 2.05) is 24.3 Å². The molecule has 33 heavy (non-hydrogen) atoms. The molecule has 0 spiro atoms. The van der Waals surface area contributed by atoms with Gasteiger partial charge in [-0.1, -0.05) is 12.8 Å². The average molecular weight is 450 g/mol. The summed E-state index contributed by atoms with van der Waals surface area (Å²) >= 11 is 0. The second kappa shape index (κ2) is 8.15. The zero-order valence-electron chi connectivity index (χ0n) is 19.0. The lowest BCUT2D eigenvalue weighted by atomic mass is 9.85.